The van der Waals surface area contributed by atoms with Gasteiger partial charge in [0.05, 0.1) is 16.3 Å². The minimum Gasteiger partial charge on any atom is -0.456 e. The fraction of sp³-hybridized carbons (Fsp3) is 0.240. The Hall–Kier alpha value is -2.94. The number of aromatic nitrogens is 3. The molecule has 4 rings (SSSR count). The molecule has 0 fully saturated rings. The van der Waals surface area contributed by atoms with Crippen molar-refractivity contribution >= 4 is 63.4 Å². The second-order valence-corrected chi connectivity index (χ2v) is 10.4. The van der Waals surface area contributed by atoms with Crippen molar-refractivity contribution in [2.24, 2.45) is 0 Å². The van der Waals surface area contributed by atoms with Crippen molar-refractivity contribution in [3.63, 3.8) is 0 Å². The molecule has 35 heavy (non-hydrogen) atoms. The van der Waals surface area contributed by atoms with Gasteiger partial charge in [0.1, 0.15) is 23.3 Å². The number of hydrogen-bond donors (Lipinski definition) is 2. The fourth-order valence-corrected chi connectivity index (χ4v) is 4.36. The molecule has 0 saturated heterocycles. The number of rotatable bonds is 10. The molecule has 1 amide bonds. The van der Waals surface area contributed by atoms with E-state index in [9.17, 15) is 4.79 Å². The Balaban J connectivity index is 1.46. The lowest BCUT2D eigenvalue weighted by Gasteiger charge is -2.13. The van der Waals surface area contributed by atoms with Crippen LogP contribution in [0.3, 0.4) is 0 Å². The predicted octanol–water partition coefficient (Wildman–Crippen LogP) is 6.53. The minimum absolute atomic E-state index is 0.0319. The molecule has 0 unspecified atom stereocenters. The van der Waals surface area contributed by atoms with E-state index in [1.54, 1.807) is 36.0 Å². The zero-order chi connectivity index (χ0) is 24.8. The number of amides is 1. The lowest BCUT2D eigenvalue weighted by Crippen LogP contribution is -2.29. The van der Waals surface area contributed by atoms with Gasteiger partial charge in [0.25, 0.3) is 0 Å². The minimum atomic E-state index is 0.0319. The second-order valence-electron chi connectivity index (χ2n) is 8.00. The summed E-state index contributed by atoms with van der Waals surface area (Å²) in [4.78, 5) is 20.8. The Morgan fingerprint density at radius 3 is 2.77 bits per heavy atom. The van der Waals surface area contributed by atoms with E-state index in [0.717, 1.165) is 16.7 Å². The molecular formula is C25H25Cl2N5O2S. The van der Waals surface area contributed by atoms with Crippen molar-refractivity contribution in [1.29, 1.82) is 0 Å². The number of fused-ring (bicyclic) bond motifs is 1. The Kier molecular flexibility index (Phi) is 8.38. The number of thioether (sulfide) groups is 1. The third-order valence-corrected chi connectivity index (χ3v) is 6.62. The molecule has 2 aromatic carbocycles. The smallest absolute Gasteiger partial charge is 0.230 e. The number of hydrogen-bond acceptors (Lipinski definition) is 6. The third-order valence-electron chi connectivity index (χ3n) is 4.99. The molecule has 2 aromatic heterocycles. The van der Waals surface area contributed by atoms with Crippen LogP contribution < -0.4 is 15.4 Å². The molecule has 2 heterocycles. The van der Waals surface area contributed by atoms with Gasteiger partial charge in [-0.05, 0) is 47.7 Å². The van der Waals surface area contributed by atoms with Crippen LogP contribution in [0.25, 0.3) is 11.0 Å². The van der Waals surface area contributed by atoms with Crippen molar-refractivity contribution in [2.45, 2.75) is 25.6 Å². The van der Waals surface area contributed by atoms with Crippen LogP contribution in [0, 0.1) is 0 Å². The van der Waals surface area contributed by atoms with Gasteiger partial charge in [0, 0.05) is 30.0 Å². The molecular weight excluding hydrogens is 505 g/mol. The van der Waals surface area contributed by atoms with Gasteiger partial charge < -0.3 is 19.9 Å². The van der Waals surface area contributed by atoms with Crippen LogP contribution in [-0.4, -0.2) is 38.0 Å². The molecule has 4 aromatic rings. The topological polar surface area (TPSA) is 81.1 Å². The summed E-state index contributed by atoms with van der Waals surface area (Å²) in [5.41, 5.74) is 2.39. The molecule has 0 radical (unpaired) electrons. The van der Waals surface area contributed by atoms with E-state index < -0.39 is 0 Å². The highest BCUT2D eigenvalue weighted by molar-refractivity contribution is 8.00. The van der Waals surface area contributed by atoms with Crippen LogP contribution in [-0.2, 0) is 11.3 Å². The van der Waals surface area contributed by atoms with Crippen LogP contribution >= 0.6 is 35.0 Å². The third kappa shape index (κ3) is 6.81. The van der Waals surface area contributed by atoms with E-state index >= 15 is 0 Å². The summed E-state index contributed by atoms with van der Waals surface area (Å²) in [6.07, 6.45) is 3.45. The summed E-state index contributed by atoms with van der Waals surface area (Å²) in [5, 5.41) is 7.74. The standard InChI is InChI=1S/C25H25Cl2N5O2S/c1-16(2)35-14-23(33)28-9-11-32-10-8-21-24(32)25(30-15-29-21)31-18-6-7-22(20(27)13-18)34-19-5-3-4-17(26)12-19/h3-8,10,12-13,15-16H,9,11,14H2,1-2H3,(H,28,33)(H,29,30,31). The number of nitrogens with one attached hydrogen (secondary N) is 2. The zero-order valence-electron chi connectivity index (χ0n) is 19.3. The second kappa shape index (κ2) is 11.7. The van der Waals surface area contributed by atoms with Gasteiger partial charge in [-0.1, -0.05) is 43.1 Å². The number of carbonyl (C=O) groups is 1. The van der Waals surface area contributed by atoms with Gasteiger partial charge in [0.2, 0.25) is 5.91 Å². The Bertz CT molecular complexity index is 1330. The number of anilines is 2. The van der Waals surface area contributed by atoms with E-state index in [2.05, 4.69) is 34.4 Å². The zero-order valence-corrected chi connectivity index (χ0v) is 21.6. The monoisotopic (exact) mass is 529 g/mol. The number of benzene rings is 2. The summed E-state index contributed by atoms with van der Waals surface area (Å²) in [5.74, 6) is 2.25. The number of carbonyl (C=O) groups excluding carboxylic acids is 1. The van der Waals surface area contributed by atoms with Gasteiger partial charge in [-0.15, -0.1) is 11.8 Å². The van der Waals surface area contributed by atoms with Gasteiger partial charge >= 0.3 is 0 Å². The first-order valence-electron chi connectivity index (χ1n) is 11.1. The Labute approximate surface area is 218 Å². The molecule has 0 bridgehead atoms. The maximum atomic E-state index is 12.0. The van der Waals surface area contributed by atoms with Crippen LogP contribution in [0.4, 0.5) is 11.5 Å². The predicted molar refractivity (Wildman–Crippen MR) is 144 cm³/mol. The summed E-state index contributed by atoms with van der Waals surface area (Å²) in [6.45, 7) is 5.25. The quantitative estimate of drug-likeness (QED) is 0.243. The van der Waals surface area contributed by atoms with Gasteiger partial charge in [0.15, 0.2) is 5.82 Å². The molecule has 0 aliphatic heterocycles. The van der Waals surface area contributed by atoms with E-state index in [4.69, 9.17) is 27.9 Å². The van der Waals surface area contributed by atoms with Gasteiger partial charge in [-0.3, -0.25) is 4.79 Å². The number of nitrogens with zero attached hydrogens (tertiary/aromatic N) is 3. The van der Waals surface area contributed by atoms with E-state index in [1.165, 1.54) is 6.33 Å². The van der Waals surface area contributed by atoms with Crippen molar-refractivity contribution in [1.82, 2.24) is 19.9 Å². The molecule has 10 heteroatoms. The summed E-state index contributed by atoms with van der Waals surface area (Å²) >= 11 is 14.1. The highest BCUT2D eigenvalue weighted by Gasteiger charge is 2.12. The largest absolute Gasteiger partial charge is 0.456 e. The van der Waals surface area contributed by atoms with Crippen LogP contribution in [0.5, 0.6) is 11.5 Å². The maximum absolute atomic E-state index is 12.0. The molecule has 182 valence electrons. The van der Waals surface area contributed by atoms with Crippen LogP contribution in [0.15, 0.2) is 61.1 Å². The first-order valence-corrected chi connectivity index (χ1v) is 12.9. The fourth-order valence-electron chi connectivity index (χ4n) is 3.38. The van der Waals surface area contributed by atoms with E-state index in [0.29, 0.717) is 51.5 Å². The van der Waals surface area contributed by atoms with Crippen molar-refractivity contribution in [2.75, 3.05) is 17.6 Å². The van der Waals surface area contributed by atoms with E-state index in [-0.39, 0.29) is 5.91 Å². The van der Waals surface area contributed by atoms with Crippen LogP contribution in [0.2, 0.25) is 10.0 Å². The van der Waals surface area contributed by atoms with Crippen molar-refractivity contribution in [3.05, 3.63) is 71.1 Å². The number of ether oxygens (including phenoxy) is 1. The lowest BCUT2D eigenvalue weighted by molar-refractivity contribution is -0.118. The summed E-state index contributed by atoms with van der Waals surface area (Å²) < 4.78 is 7.88. The lowest BCUT2D eigenvalue weighted by atomic mass is 10.3. The van der Waals surface area contributed by atoms with Crippen LogP contribution in [0.1, 0.15) is 13.8 Å². The molecule has 2 N–H and O–H groups in total. The highest BCUT2D eigenvalue weighted by Crippen LogP contribution is 2.34. The van der Waals surface area contributed by atoms with E-state index in [1.807, 2.05) is 35.0 Å². The summed E-state index contributed by atoms with van der Waals surface area (Å²) in [7, 11) is 0. The van der Waals surface area contributed by atoms with Gasteiger partial charge in [-0.25, -0.2) is 9.97 Å². The Morgan fingerprint density at radius 2 is 2.00 bits per heavy atom. The molecule has 0 aliphatic rings. The molecule has 0 aliphatic carbocycles. The van der Waals surface area contributed by atoms with Crippen molar-refractivity contribution < 1.29 is 9.53 Å². The van der Waals surface area contributed by atoms with Gasteiger partial charge in [-0.2, -0.15) is 0 Å². The normalized spacial score (nSPS) is 11.1. The average molecular weight is 530 g/mol. The maximum Gasteiger partial charge on any atom is 0.230 e. The SMILES string of the molecule is CC(C)SCC(=O)NCCn1ccc2ncnc(Nc3ccc(Oc4cccc(Cl)c4)c(Cl)c3)c21. The number of halogens is 2. The average Bonchev–Trinajstić information content (AvgIpc) is 3.24. The molecule has 0 atom stereocenters. The Morgan fingerprint density at radius 1 is 1.14 bits per heavy atom. The molecule has 0 saturated carbocycles. The molecule has 0 spiro atoms. The highest BCUT2D eigenvalue weighted by atomic mass is 35.5. The first kappa shape index (κ1) is 25.2. The molecule has 7 nitrogen and oxygen atoms in total. The van der Waals surface area contributed by atoms with Crippen molar-refractivity contribution in [3.8, 4) is 11.5 Å². The first-order chi connectivity index (χ1) is 16.9. The summed E-state index contributed by atoms with van der Waals surface area (Å²) in [6, 6.07) is 14.5.